The van der Waals surface area contributed by atoms with Gasteiger partial charge >= 0.3 is 0 Å². The maximum Gasteiger partial charge on any atom is 0.159 e. The number of ketones is 1. The highest BCUT2D eigenvalue weighted by Gasteiger charge is 2.04. The van der Waals surface area contributed by atoms with Crippen LogP contribution in [0.2, 0.25) is 0 Å². The largest absolute Gasteiger partial charge is 0.295 e. The normalized spacial score (nSPS) is 22.7. The van der Waals surface area contributed by atoms with Crippen molar-refractivity contribution < 1.29 is 9.18 Å². The maximum atomic E-state index is 12.7. The van der Waals surface area contributed by atoms with E-state index in [4.69, 9.17) is 0 Å². The van der Waals surface area contributed by atoms with Gasteiger partial charge in [-0.2, -0.15) is 0 Å². The van der Waals surface area contributed by atoms with Crippen LogP contribution >= 0.6 is 0 Å². The molecule has 0 aromatic heterocycles. The molecule has 0 aliphatic heterocycles. The van der Waals surface area contributed by atoms with E-state index in [0.717, 1.165) is 0 Å². The quantitative estimate of drug-likeness (QED) is 0.561. The summed E-state index contributed by atoms with van der Waals surface area (Å²) in [7, 11) is 0. The van der Waals surface area contributed by atoms with Crippen LogP contribution in [0, 0.1) is 0 Å². The molecule has 1 aliphatic rings. The van der Waals surface area contributed by atoms with E-state index in [1.54, 1.807) is 18.2 Å². The highest BCUT2D eigenvalue weighted by molar-refractivity contribution is 5.96. The van der Waals surface area contributed by atoms with Crippen molar-refractivity contribution in [2.24, 2.45) is 0 Å². The first kappa shape index (κ1) is 7.92. The van der Waals surface area contributed by atoms with Crippen molar-refractivity contribution in [1.82, 2.24) is 0 Å². The molecule has 0 aromatic rings. The molecule has 1 rings (SSSR count). The molecule has 0 saturated heterocycles. The monoisotopic (exact) mass is 152 g/mol. The van der Waals surface area contributed by atoms with E-state index < -0.39 is 6.17 Å². The summed E-state index contributed by atoms with van der Waals surface area (Å²) in [5.41, 5.74) is 0.433. The van der Waals surface area contributed by atoms with Crippen molar-refractivity contribution in [3.05, 3.63) is 36.0 Å². The standard InChI is InChI=1S/C9H9FO/c1-7(11)8-4-2-3-5-9(10)6-8/h2-6,9H,1H3. The Bertz CT molecular complexity index is 248. The first-order valence-corrected chi connectivity index (χ1v) is 3.42. The van der Waals surface area contributed by atoms with E-state index in [0.29, 0.717) is 5.57 Å². The first-order chi connectivity index (χ1) is 5.20. The molecule has 11 heavy (non-hydrogen) atoms. The lowest BCUT2D eigenvalue weighted by Gasteiger charge is -1.95. The van der Waals surface area contributed by atoms with Gasteiger partial charge in [0.2, 0.25) is 0 Å². The Balaban J connectivity index is 2.88. The van der Waals surface area contributed by atoms with E-state index in [2.05, 4.69) is 0 Å². The van der Waals surface area contributed by atoms with Crippen LogP contribution in [-0.2, 0) is 4.79 Å². The molecule has 58 valence electrons. The van der Waals surface area contributed by atoms with Gasteiger partial charge in [-0.3, -0.25) is 4.79 Å². The number of alkyl halides is 1. The number of halogens is 1. The van der Waals surface area contributed by atoms with Gasteiger partial charge < -0.3 is 0 Å². The minimum absolute atomic E-state index is 0.104. The predicted molar refractivity (Wildman–Crippen MR) is 41.9 cm³/mol. The van der Waals surface area contributed by atoms with Gasteiger partial charge in [0, 0.05) is 5.57 Å². The van der Waals surface area contributed by atoms with Gasteiger partial charge in [-0.15, -0.1) is 0 Å². The highest BCUT2D eigenvalue weighted by atomic mass is 19.1. The fourth-order valence-electron chi connectivity index (χ4n) is 0.847. The molecule has 0 heterocycles. The van der Waals surface area contributed by atoms with E-state index >= 15 is 0 Å². The van der Waals surface area contributed by atoms with Crippen LogP contribution in [0.1, 0.15) is 6.92 Å². The van der Waals surface area contributed by atoms with Crippen LogP contribution < -0.4 is 0 Å². The Labute approximate surface area is 64.9 Å². The van der Waals surface area contributed by atoms with Crippen molar-refractivity contribution in [3.63, 3.8) is 0 Å². The second kappa shape index (κ2) is 3.28. The third-order valence-electron chi connectivity index (χ3n) is 1.43. The van der Waals surface area contributed by atoms with Crippen molar-refractivity contribution >= 4 is 5.78 Å². The number of carbonyl (C=O) groups is 1. The predicted octanol–water partition coefficient (Wildman–Crippen LogP) is 1.97. The summed E-state index contributed by atoms with van der Waals surface area (Å²) in [6, 6.07) is 0. The average Bonchev–Trinajstić information content (AvgIpc) is 2.13. The minimum atomic E-state index is -1.14. The van der Waals surface area contributed by atoms with E-state index in [-0.39, 0.29) is 5.78 Å². The Kier molecular flexibility index (Phi) is 2.36. The zero-order chi connectivity index (χ0) is 8.27. The summed E-state index contributed by atoms with van der Waals surface area (Å²) in [6.07, 6.45) is 6.43. The molecule has 0 N–H and O–H groups in total. The summed E-state index contributed by atoms with van der Waals surface area (Å²) < 4.78 is 12.7. The topological polar surface area (TPSA) is 17.1 Å². The van der Waals surface area contributed by atoms with Gasteiger partial charge in [0.1, 0.15) is 6.17 Å². The second-order valence-electron chi connectivity index (χ2n) is 2.37. The smallest absolute Gasteiger partial charge is 0.159 e. The number of hydrogen-bond donors (Lipinski definition) is 0. The van der Waals surface area contributed by atoms with Gasteiger partial charge in [-0.25, -0.2) is 4.39 Å². The Morgan fingerprint density at radius 1 is 1.55 bits per heavy atom. The second-order valence-corrected chi connectivity index (χ2v) is 2.37. The first-order valence-electron chi connectivity index (χ1n) is 3.42. The lowest BCUT2D eigenvalue weighted by molar-refractivity contribution is -0.113. The number of carbonyl (C=O) groups excluding carboxylic acids is 1. The lowest BCUT2D eigenvalue weighted by Crippen LogP contribution is -1.96. The molecular weight excluding hydrogens is 143 g/mol. The van der Waals surface area contributed by atoms with Crippen molar-refractivity contribution in [2.75, 3.05) is 0 Å². The van der Waals surface area contributed by atoms with E-state index in [9.17, 15) is 9.18 Å². The van der Waals surface area contributed by atoms with Crippen LogP contribution in [0.25, 0.3) is 0 Å². The summed E-state index contributed by atoms with van der Waals surface area (Å²) in [6.45, 7) is 1.42. The van der Waals surface area contributed by atoms with Gasteiger partial charge in [0.15, 0.2) is 5.78 Å². The molecule has 2 heteroatoms. The summed E-state index contributed by atoms with van der Waals surface area (Å²) >= 11 is 0. The molecule has 0 bridgehead atoms. The fraction of sp³-hybridized carbons (Fsp3) is 0.222. The van der Waals surface area contributed by atoms with Crippen molar-refractivity contribution in [1.29, 1.82) is 0 Å². The Morgan fingerprint density at radius 3 is 2.91 bits per heavy atom. The van der Waals surface area contributed by atoms with Crippen LogP contribution in [-0.4, -0.2) is 12.0 Å². The molecular formula is C9H9FO. The molecule has 1 unspecified atom stereocenters. The third kappa shape index (κ3) is 2.15. The molecule has 0 saturated carbocycles. The Hall–Kier alpha value is -1.18. The molecule has 0 spiro atoms. The molecule has 1 aliphatic carbocycles. The van der Waals surface area contributed by atoms with Crippen molar-refractivity contribution in [2.45, 2.75) is 13.1 Å². The van der Waals surface area contributed by atoms with Crippen molar-refractivity contribution in [3.8, 4) is 0 Å². The van der Waals surface area contributed by atoms with E-state index in [1.165, 1.54) is 19.1 Å². The van der Waals surface area contributed by atoms with Crippen LogP contribution in [0.3, 0.4) is 0 Å². The average molecular weight is 152 g/mol. The third-order valence-corrected chi connectivity index (χ3v) is 1.43. The van der Waals surface area contributed by atoms with Crippen LogP contribution in [0.4, 0.5) is 4.39 Å². The van der Waals surface area contributed by atoms with Crippen LogP contribution in [0.5, 0.6) is 0 Å². The number of allylic oxidation sites excluding steroid dienone is 6. The lowest BCUT2D eigenvalue weighted by atomic mass is 10.1. The molecule has 0 amide bonds. The SMILES string of the molecule is CC(=O)C1=CC(F)C=CC=C1. The maximum absolute atomic E-state index is 12.7. The molecule has 0 aromatic carbocycles. The number of hydrogen-bond acceptors (Lipinski definition) is 1. The molecule has 0 radical (unpaired) electrons. The molecule has 0 fully saturated rings. The zero-order valence-corrected chi connectivity index (χ0v) is 6.25. The number of rotatable bonds is 1. The summed E-state index contributed by atoms with van der Waals surface area (Å²) in [5, 5.41) is 0. The number of Topliss-reactive ketones (excluding diaryl/α,β-unsaturated/α-hetero) is 1. The summed E-state index contributed by atoms with van der Waals surface area (Å²) in [5.74, 6) is -0.104. The molecule has 1 atom stereocenters. The fourth-order valence-corrected chi connectivity index (χ4v) is 0.847. The van der Waals surface area contributed by atoms with E-state index in [1.807, 2.05) is 0 Å². The Morgan fingerprint density at radius 2 is 2.27 bits per heavy atom. The van der Waals surface area contributed by atoms with Gasteiger partial charge in [-0.1, -0.05) is 18.2 Å². The van der Waals surface area contributed by atoms with Gasteiger partial charge in [-0.05, 0) is 19.1 Å². The van der Waals surface area contributed by atoms with Gasteiger partial charge in [0.05, 0.1) is 0 Å². The van der Waals surface area contributed by atoms with Crippen LogP contribution in [0.15, 0.2) is 36.0 Å². The van der Waals surface area contributed by atoms with Gasteiger partial charge in [0.25, 0.3) is 0 Å². The highest BCUT2D eigenvalue weighted by Crippen LogP contribution is 2.08. The molecule has 1 nitrogen and oxygen atoms in total. The minimum Gasteiger partial charge on any atom is -0.295 e. The summed E-state index contributed by atoms with van der Waals surface area (Å²) in [4.78, 5) is 10.8. The zero-order valence-electron chi connectivity index (χ0n) is 6.25.